The predicted molar refractivity (Wildman–Crippen MR) is 125 cm³/mol. The fourth-order valence-corrected chi connectivity index (χ4v) is 4.29. The second-order valence-corrected chi connectivity index (χ2v) is 8.29. The maximum absolute atomic E-state index is 13.5. The molecule has 0 bridgehead atoms. The summed E-state index contributed by atoms with van der Waals surface area (Å²) >= 11 is 0. The Labute approximate surface area is 184 Å². The molecule has 3 aromatic rings. The number of para-hydroxylation sites is 1. The lowest BCUT2D eigenvalue weighted by atomic mass is 9.91. The second-order valence-electron chi connectivity index (χ2n) is 8.29. The summed E-state index contributed by atoms with van der Waals surface area (Å²) in [5, 5.41) is 3.64. The second kappa shape index (κ2) is 8.84. The molecule has 0 spiro atoms. The van der Waals surface area contributed by atoms with Crippen LogP contribution in [0.5, 0.6) is 5.75 Å². The molecule has 4 rings (SSSR count). The van der Waals surface area contributed by atoms with Crippen LogP contribution in [0.4, 0.5) is 5.69 Å². The van der Waals surface area contributed by atoms with Gasteiger partial charge in [0.2, 0.25) is 0 Å². The van der Waals surface area contributed by atoms with E-state index in [1.165, 1.54) is 5.56 Å². The molecule has 2 unspecified atom stereocenters. The Bertz CT molecular complexity index is 1050. The molecule has 1 aliphatic rings. The first-order chi connectivity index (χ1) is 15.0. The van der Waals surface area contributed by atoms with E-state index in [9.17, 15) is 4.79 Å². The number of ether oxygens (including phenoxy) is 1. The van der Waals surface area contributed by atoms with Crippen LogP contribution in [0.2, 0.25) is 0 Å². The van der Waals surface area contributed by atoms with Crippen molar-refractivity contribution in [1.29, 1.82) is 0 Å². The maximum Gasteiger partial charge on any atom is 0.258 e. The first-order valence-corrected chi connectivity index (χ1v) is 11.0. The van der Waals surface area contributed by atoms with E-state index in [1.807, 2.05) is 59.5 Å². The van der Waals surface area contributed by atoms with Crippen molar-refractivity contribution >= 4 is 11.6 Å². The van der Waals surface area contributed by atoms with Crippen LogP contribution in [0.3, 0.4) is 0 Å². The van der Waals surface area contributed by atoms with Gasteiger partial charge in [0.15, 0.2) is 0 Å². The highest BCUT2D eigenvalue weighted by molar-refractivity contribution is 6.02. The van der Waals surface area contributed by atoms with Gasteiger partial charge in [-0.05, 0) is 50.1 Å². The van der Waals surface area contributed by atoms with Crippen molar-refractivity contribution in [2.45, 2.75) is 45.3 Å². The molecule has 0 fully saturated rings. The zero-order valence-corrected chi connectivity index (χ0v) is 18.5. The molecular weight excluding hydrogens is 384 g/mol. The molecule has 0 aliphatic carbocycles. The summed E-state index contributed by atoms with van der Waals surface area (Å²) in [5.41, 5.74) is 3.18. The van der Waals surface area contributed by atoms with Crippen LogP contribution in [0.25, 0.3) is 0 Å². The Morgan fingerprint density at radius 2 is 1.74 bits per heavy atom. The van der Waals surface area contributed by atoms with Crippen molar-refractivity contribution in [3.63, 3.8) is 0 Å². The molecule has 4 nitrogen and oxygen atoms in total. The highest BCUT2D eigenvalue weighted by atomic mass is 16.5. The molecule has 0 radical (unpaired) electrons. The Morgan fingerprint density at radius 3 is 2.52 bits per heavy atom. The number of benzene rings is 3. The average molecular weight is 415 g/mol. The number of anilines is 1. The summed E-state index contributed by atoms with van der Waals surface area (Å²) in [7, 11) is 0. The zero-order chi connectivity index (χ0) is 21.8. The number of hydrogen-bond donors (Lipinski definition) is 1. The van der Waals surface area contributed by atoms with Crippen molar-refractivity contribution in [3.8, 4) is 5.75 Å². The van der Waals surface area contributed by atoms with E-state index >= 15 is 0 Å². The number of rotatable bonds is 7. The predicted octanol–water partition coefficient (Wildman–Crippen LogP) is 5.85. The van der Waals surface area contributed by atoms with Gasteiger partial charge < -0.3 is 15.0 Å². The molecule has 1 heterocycles. The van der Waals surface area contributed by atoms with Gasteiger partial charge in [0.1, 0.15) is 11.4 Å². The van der Waals surface area contributed by atoms with Gasteiger partial charge in [-0.25, -0.2) is 0 Å². The van der Waals surface area contributed by atoms with Crippen LogP contribution >= 0.6 is 0 Å². The third-order valence-corrected chi connectivity index (χ3v) is 6.17. The normalized spacial score (nSPS) is 18.8. The van der Waals surface area contributed by atoms with Gasteiger partial charge in [-0.2, -0.15) is 0 Å². The number of nitrogens with one attached hydrogen (secondary N) is 1. The summed E-state index contributed by atoms with van der Waals surface area (Å²) in [6, 6.07) is 26.2. The van der Waals surface area contributed by atoms with Gasteiger partial charge in [0.05, 0.1) is 12.2 Å². The molecule has 4 heteroatoms. The third kappa shape index (κ3) is 4.15. The third-order valence-electron chi connectivity index (χ3n) is 6.17. The maximum atomic E-state index is 13.5. The average Bonchev–Trinajstić information content (AvgIpc) is 2.80. The first-order valence-electron chi connectivity index (χ1n) is 11.0. The van der Waals surface area contributed by atoms with E-state index in [0.29, 0.717) is 6.61 Å². The molecule has 1 amide bonds. The van der Waals surface area contributed by atoms with Crippen molar-refractivity contribution in [2.75, 3.05) is 11.9 Å². The highest BCUT2D eigenvalue weighted by Gasteiger charge is 2.44. The molecular formula is C27H30N2O2. The van der Waals surface area contributed by atoms with Crippen molar-refractivity contribution in [3.05, 3.63) is 95.6 Å². The fraction of sp³-hybridized carbons (Fsp3) is 0.296. The molecule has 1 N–H and O–H groups in total. The van der Waals surface area contributed by atoms with Gasteiger partial charge in [-0.15, -0.1) is 0 Å². The molecule has 3 aromatic carbocycles. The lowest BCUT2D eigenvalue weighted by Gasteiger charge is -2.49. The standard InChI is InChI=1S/C27H30N2O2/c1-4-20(2)29-26(30)24-15-8-9-16-25(24)28-27(29,3)22-13-10-14-23(19-22)31-18-17-21-11-6-5-7-12-21/h5-16,19-20,28H,4,17-18H2,1-3H3. The van der Waals surface area contributed by atoms with Crippen LogP contribution in [-0.4, -0.2) is 23.5 Å². The number of carbonyl (C=O) groups is 1. The fourth-order valence-electron chi connectivity index (χ4n) is 4.29. The number of carbonyl (C=O) groups excluding carboxylic acids is 1. The smallest absolute Gasteiger partial charge is 0.258 e. The van der Waals surface area contributed by atoms with Crippen LogP contribution in [-0.2, 0) is 12.1 Å². The Kier molecular flexibility index (Phi) is 5.99. The highest BCUT2D eigenvalue weighted by Crippen LogP contribution is 2.40. The molecule has 0 saturated carbocycles. The van der Waals surface area contributed by atoms with Gasteiger partial charge >= 0.3 is 0 Å². The Balaban J connectivity index is 1.62. The van der Waals surface area contributed by atoms with E-state index in [2.05, 4.69) is 50.4 Å². The minimum Gasteiger partial charge on any atom is -0.493 e. The van der Waals surface area contributed by atoms with Crippen LogP contribution < -0.4 is 10.1 Å². The van der Waals surface area contributed by atoms with E-state index in [0.717, 1.165) is 35.4 Å². The molecule has 2 atom stereocenters. The molecule has 0 aromatic heterocycles. The van der Waals surface area contributed by atoms with E-state index in [4.69, 9.17) is 4.74 Å². The number of fused-ring (bicyclic) bond motifs is 1. The van der Waals surface area contributed by atoms with Crippen LogP contribution in [0.1, 0.15) is 48.7 Å². The first kappa shape index (κ1) is 21.0. The molecule has 0 saturated heterocycles. The van der Waals surface area contributed by atoms with Crippen molar-refractivity contribution in [1.82, 2.24) is 4.90 Å². The minimum absolute atomic E-state index is 0.0570. The summed E-state index contributed by atoms with van der Waals surface area (Å²) in [6.07, 6.45) is 1.73. The monoisotopic (exact) mass is 414 g/mol. The molecule has 31 heavy (non-hydrogen) atoms. The van der Waals surface area contributed by atoms with E-state index < -0.39 is 5.66 Å². The van der Waals surface area contributed by atoms with Crippen molar-refractivity contribution in [2.24, 2.45) is 0 Å². The SMILES string of the molecule is CCC(C)N1C(=O)c2ccccc2NC1(C)c1cccc(OCCc2ccccc2)c1. The van der Waals surface area contributed by atoms with Gasteiger partial charge in [-0.1, -0.05) is 61.5 Å². The Hall–Kier alpha value is -3.27. The van der Waals surface area contributed by atoms with E-state index in [-0.39, 0.29) is 11.9 Å². The van der Waals surface area contributed by atoms with Gasteiger partial charge in [-0.3, -0.25) is 4.79 Å². The summed E-state index contributed by atoms with van der Waals surface area (Å²) in [5.74, 6) is 0.869. The summed E-state index contributed by atoms with van der Waals surface area (Å²) in [4.78, 5) is 15.4. The number of amides is 1. The molecule has 1 aliphatic heterocycles. The van der Waals surface area contributed by atoms with Gasteiger partial charge in [0, 0.05) is 23.7 Å². The van der Waals surface area contributed by atoms with E-state index in [1.54, 1.807) is 0 Å². The summed E-state index contributed by atoms with van der Waals surface area (Å²) < 4.78 is 6.07. The number of hydrogen-bond acceptors (Lipinski definition) is 3. The quantitative estimate of drug-likeness (QED) is 0.527. The lowest BCUT2D eigenvalue weighted by Crippen LogP contribution is -2.58. The van der Waals surface area contributed by atoms with Gasteiger partial charge in [0.25, 0.3) is 5.91 Å². The van der Waals surface area contributed by atoms with Crippen LogP contribution in [0.15, 0.2) is 78.9 Å². The minimum atomic E-state index is -0.667. The van der Waals surface area contributed by atoms with Crippen molar-refractivity contribution < 1.29 is 9.53 Å². The largest absolute Gasteiger partial charge is 0.493 e. The van der Waals surface area contributed by atoms with Crippen LogP contribution in [0, 0.1) is 0 Å². The summed E-state index contributed by atoms with van der Waals surface area (Å²) in [6.45, 7) is 6.90. The zero-order valence-electron chi connectivity index (χ0n) is 18.5. The lowest BCUT2D eigenvalue weighted by molar-refractivity contribution is 0.0399. The Morgan fingerprint density at radius 1 is 1.00 bits per heavy atom. The molecule has 160 valence electrons. The topological polar surface area (TPSA) is 41.6 Å². The number of nitrogens with zero attached hydrogens (tertiary/aromatic N) is 1.